The predicted molar refractivity (Wildman–Crippen MR) is 62.5 cm³/mol. The number of halogens is 1. The van der Waals surface area contributed by atoms with E-state index in [0.29, 0.717) is 4.57 Å². The van der Waals surface area contributed by atoms with Crippen molar-refractivity contribution in [2.24, 2.45) is 0 Å². The lowest BCUT2D eigenvalue weighted by molar-refractivity contribution is -0.0892. The lowest BCUT2D eigenvalue weighted by atomic mass is 9.85. The molecule has 106 valence electrons. The van der Waals surface area contributed by atoms with Gasteiger partial charge in [-0.2, -0.15) is 0 Å². The van der Waals surface area contributed by atoms with E-state index in [4.69, 9.17) is 9.84 Å². The third-order valence-electron chi connectivity index (χ3n) is 3.66. The van der Waals surface area contributed by atoms with Gasteiger partial charge in [0.1, 0.15) is 11.7 Å². The number of hydrogen-bond acceptors (Lipinski definition) is 5. The van der Waals surface area contributed by atoms with Crippen LogP contribution in [0.1, 0.15) is 20.1 Å². The molecule has 1 aromatic heterocycles. The third-order valence-corrected chi connectivity index (χ3v) is 3.66. The van der Waals surface area contributed by atoms with Gasteiger partial charge in [0.2, 0.25) is 0 Å². The number of aliphatic hydroxyl groups excluding tert-OH is 1. The maximum Gasteiger partial charge on any atom is 0.330 e. The van der Waals surface area contributed by atoms with Crippen LogP contribution < -0.4 is 11.2 Å². The summed E-state index contributed by atoms with van der Waals surface area (Å²) in [5.74, 6) is 0. The van der Waals surface area contributed by atoms with Crippen LogP contribution in [0, 0.1) is 0 Å². The topological polar surface area (TPSA) is 105 Å². The van der Waals surface area contributed by atoms with Crippen molar-refractivity contribution in [3.63, 3.8) is 0 Å². The Kier molecular flexibility index (Phi) is 3.12. The van der Waals surface area contributed by atoms with Crippen molar-refractivity contribution >= 4 is 0 Å². The molecule has 2 heterocycles. The summed E-state index contributed by atoms with van der Waals surface area (Å²) in [7, 11) is 0. The summed E-state index contributed by atoms with van der Waals surface area (Å²) in [5.41, 5.74) is -6.06. The first-order valence-electron chi connectivity index (χ1n) is 5.71. The van der Waals surface area contributed by atoms with E-state index in [1.807, 2.05) is 0 Å². The average Bonchev–Trinajstić information content (AvgIpc) is 2.48. The molecule has 1 aromatic rings. The maximum atomic E-state index is 14.7. The molecule has 2 rings (SSSR count). The Balaban J connectivity index is 2.59. The highest BCUT2D eigenvalue weighted by molar-refractivity contribution is 5.09. The van der Waals surface area contributed by atoms with Crippen molar-refractivity contribution in [1.82, 2.24) is 9.55 Å². The van der Waals surface area contributed by atoms with Crippen LogP contribution >= 0.6 is 0 Å². The van der Waals surface area contributed by atoms with Gasteiger partial charge in [-0.15, -0.1) is 0 Å². The third kappa shape index (κ3) is 1.83. The number of nitrogens with zero attached hydrogens (tertiary/aromatic N) is 1. The second-order valence-corrected chi connectivity index (χ2v) is 4.87. The molecule has 1 aliphatic rings. The summed E-state index contributed by atoms with van der Waals surface area (Å²) in [4.78, 5) is 25.5. The summed E-state index contributed by atoms with van der Waals surface area (Å²) in [6.45, 7) is 1.53. The van der Waals surface area contributed by atoms with Crippen LogP contribution in [0.5, 0.6) is 0 Å². The van der Waals surface area contributed by atoms with Crippen molar-refractivity contribution in [1.29, 1.82) is 0 Å². The molecule has 0 bridgehead atoms. The van der Waals surface area contributed by atoms with Crippen LogP contribution in [-0.2, 0) is 4.74 Å². The molecule has 0 saturated carbocycles. The molecule has 1 aliphatic heterocycles. The molecule has 0 amide bonds. The van der Waals surface area contributed by atoms with Crippen LogP contribution in [0.2, 0.25) is 0 Å². The first-order chi connectivity index (χ1) is 8.73. The van der Waals surface area contributed by atoms with Crippen LogP contribution in [0.4, 0.5) is 4.39 Å². The zero-order valence-corrected chi connectivity index (χ0v) is 10.5. The highest BCUT2D eigenvalue weighted by Gasteiger charge is 2.63. The molecule has 0 radical (unpaired) electrons. The Labute approximate surface area is 107 Å². The van der Waals surface area contributed by atoms with E-state index in [2.05, 4.69) is 4.98 Å². The van der Waals surface area contributed by atoms with Crippen molar-refractivity contribution in [2.45, 2.75) is 37.4 Å². The first kappa shape index (κ1) is 13.9. The van der Waals surface area contributed by atoms with Gasteiger partial charge in [-0.05, 0) is 13.8 Å². The molecule has 1 saturated heterocycles. The smallest absolute Gasteiger partial charge is 0.330 e. The van der Waals surface area contributed by atoms with Gasteiger partial charge in [0, 0.05) is 12.3 Å². The van der Waals surface area contributed by atoms with Crippen LogP contribution in [-0.4, -0.2) is 43.7 Å². The van der Waals surface area contributed by atoms with Crippen molar-refractivity contribution in [2.75, 3.05) is 6.61 Å². The molecule has 8 heteroatoms. The molecule has 7 nitrogen and oxygen atoms in total. The number of alkyl halides is 1. The summed E-state index contributed by atoms with van der Waals surface area (Å²) >= 11 is 0. The predicted octanol–water partition coefficient (Wildman–Crippen LogP) is -1.09. The molecule has 4 atom stereocenters. The van der Waals surface area contributed by atoms with E-state index in [9.17, 15) is 19.1 Å². The fraction of sp³-hybridized carbons (Fsp3) is 0.636. The normalized spacial score (nSPS) is 38.6. The average molecular weight is 274 g/mol. The molecular formula is C11H15FN2O5. The molecular weight excluding hydrogens is 259 g/mol. The van der Waals surface area contributed by atoms with Gasteiger partial charge in [0.05, 0.1) is 6.61 Å². The van der Waals surface area contributed by atoms with E-state index in [1.165, 1.54) is 0 Å². The summed E-state index contributed by atoms with van der Waals surface area (Å²) < 4.78 is 20.4. The second kappa shape index (κ2) is 4.26. The fourth-order valence-electron chi connectivity index (χ4n) is 2.16. The molecule has 1 fully saturated rings. The minimum absolute atomic E-state index is 0.546. The highest BCUT2D eigenvalue weighted by atomic mass is 19.1. The largest absolute Gasteiger partial charge is 0.394 e. The van der Waals surface area contributed by atoms with Crippen LogP contribution in [0.25, 0.3) is 0 Å². The Morgan fingerprint density at radius 3 is 2.63 bits per heavy atom. The SMILES string of the molecule is C[C@@]1(O)[C@@H](CO)O[C@@H](n2c(=O)cc[nH]c2=O)[C@@]1(C)F. The number of H-pyrrole nitrogens is 1. The standard InChI is InChI=1S/C11H15FN2O5/c1-10(12)8(19-6(5-15)11(10,2)18)14-7(16)3-4-13-9(14)17/h3-4,6,8,15,18H,5H2,1-2H3,(H,13,17)/t6-,8-,10-,11-/m1/s1. The number of aliphatic hydroxyl groups is 2. The molecule has 3 N–H and O–H groups in total. The number of nitrogens with one attached hydrogen (secondary N) is 1. The number of aromatic nitrogens is 2. The van der Waals surface area contributed by atoms with Crippen molar-refractivity contribution in [3.05, 3.63) is 33.1 Å². The summed E-state index contributed by atoms with van der Waals surface area (Å²) in [6, 6.07) is 1.04. The van der Waals surface area contributed by atoms with Crippen LogP contribution in [0.15, 0.2) is 21.9 Å². The van der Waals surface area contributed by atoms with Gasteiger partial charge in [-0.3, -0.25) is 4.79 Å². The van der Waals surface area contributed by atoms with Gasteiger partial charge < -0.3 is 19.9 Å². The minimum atomic E-state index is -2.42. The maximum absolute atomic E-state index is 14.7. The van der Waals surface area contributed by atoms with E-state index in [0.717, 1.165) is 26.1 Å². The molecule has 0 spiro atoms. The van der Waals surface area contributed by atoms with Gasteiger partial charge in [-0.1, -0.05) is 0 Å². The van der Waals surface area contributed by atoms with E-state index < -0.39 is 41.5 Å². The zero-order valence-electron chi connectivity index (χ0n) is 10.5. The highest BCUT2D eigenvalue weighted by Crippen LogP contribution is 2.46. The number of ether oxygens (including phenoxy) is 1. The lowest BCUT2D eigenvalue weighted by Crippen LogP contribution is -2.53. The zero-order chi connectivity index (χ0) is 14.4. The summed E-state index contributed by atoms with van der Waals surface area (Å²) in [6.07, 6.45) is -1.72. The lowest BCUT2D eigenvalue weighted by Gasteiger charge is -2.32. The van der Waals surface area contributed by atoms with E-state index >= 15 is 0 Å². The van der Waals surface area contributed by atoms with Crippen molar-refractivity contribution in [3.8, 4) is 0 Å². The van der Waals surface area contributed by atoms with E-state index in [-0.39, 0.29) is 0 Å². The fourth-order valence-corrected chi connectivity index (χ4v) is 2.16. The quantitative estimate of drug-likeness (QED) is 0.635. The molecule has 0 aromatic carbocycles. The van der Waals surface area contributed by atoms with Crippen molar-refractivity contribution < 1.29 is 19.3 Å². The number of aromatic amines is 1. The van der Waals surface area contributed by atoms with Crippen LogP contribution in [0.3, 0.4) is 0 Å². The minimum Gasteiger partial charge on any atom is -0.394 e. The number of rotatable bonds is 2. The summed E-state index contributed by atoms with van der Waals surface area (Å²) in [5, 5.41) is 19.2. The van der Waals surface area contributed by atoms with Gasteiger partial charge in [0.25, 0.3) is 5.56 Å². The Morgan fingerprint density at radius 2 is 2.16 bits per heavy atom. The Morgan fingerprint density at radius 1 is 1.53 bits per heavy atom. The van der Waals surface area contributed by atoms with Gasteiger partial charge in [0.15, 0.2) is 11.9 Å². The monoisotopic (exact) mass is 274 g/mol. The Bertz CT molecular complexity index is 563. The number of hydrogen-bond donors (Lipinski definition) is 3. The molecule has 0 unspecified atom stereocenters. The molecule has 0 aliphatic carbocycles. The van der Waals surface area contributed by atoms with E-state index in [1.54, 1.807) is 0 Å². The molecule has 19 heavy (non-hydrogen) atoms. The van der Waals surface area contributed by atoms with Gasteiger partial charge >= 0.3 is 5.69 Å². The second-order valence-electron chi connectivity index (χ2n) is 4.87. The van der Waals surface area contributed by atoms with Gasteiger partial charge in [-0.25, -0.2) is 13.8 Å². The Hall–Kier alpha value is -1.51. The first-order valence-corrected chi connectivity index (χ1v) is 5.71.